The first-order valence-corrected chi connectivity index (χ1v) is 11.4. The van der Waals surface area contributed by atoms with Crippen LogP contribution >= 0.6 is 11.6 Å². The molecule has 5 heteroatoms. The summed E-state index contributed by atoms with van der Waals surface area (Å²) < 4.78 is 0. The maximum absolute atomic E-state index is 12.9. The Morgan fingerprint density at radius 3 is 2.25 bits per heavy atom. The van der Waals surface area contributed by atoms with Crippen molar-refractivity contribution < 1.29 is 14.6 Å². The van der Waals surface area contributed by atoms with Crippen LogP contribution in [-0.2, 0) is 10.2 Å². The van der Waals surface area contributed by atoms with Gasteiger partial charge in [-0.2, -0.15) is 0 Å². The maximum atomic E-state index is 12.9. The molecule has 2 rings (SSSR count). The first kappa shape index (κ1) is 23.2. The van der Waals surface area contributed by atoms with E-state index in [1.165, 1.54) is 37.3 Å². The van der Waals surface area contributed by atoms with Gasteiger partial charge in [0.05, 0.1) is 43.7 Å². The Morgan fingerprint density at radius 2 is 1.71 bits per heavy atom. The number of amides is 1. The lowest BCUT2D eigenvalue weighted by Gasteiger charge is -2.36. The Labute approximate surface area is 176 Å². The summed E-state index contributed by atoms with van der Waals surface area (Å²) in [6.07, 6.45) is 5.40. The monoisotopic (exact) mass is 409 g/mol. The molecule has 158 valence electrons. The molecule has 0 spiro atoms. The van der Waals surface area contributed by atoms with Crippen molar-refractivity contribution in [3.63, 3.8) is 0 Å². The molecule has 1 fully saturated rings. The number of carbonyl (C=O) groups is 1. The predicted octanol–water partition coefficient (Wildman–Crippen LogP) is 1.61. The second kappa shape index (κ2) is 10.6. The molecular formula is C23H40ClN3O+2. The topological polar surface area (TPSA) is 52.0 Å². The lowest BCUT2D eigenvalue weighted by Crippen LogP contribution is -3.18. The van der Waals surface area contributed by atoms with Crippen molar-refractivity contribution in [3.05, 3.63) is 34.9 Å². The number of halogens is 1. The van der Waals surface area contributed by atoms with Crippen LogP contribution < -0.4 is 15.5 Å². The number of hydrogen-bond donors (Lipinski definition) is 3. The molecule has 28 heavy (non-hydrogen) atoms. The lowest BCUT2D eigenvalue weighted by atomic mass is 9.73. The third-order valence-electron chi connectivity index (χ3n) is 6.65. The van der Waals surface area contributed by atoms with Gasteiger partial charge in [0.25, 0.3) is 0 Å². The summed E-state index contributed by atoms with van der Waals surface area (Å²) >= 11 is 6.59. The zero-order chi connectivity index (χ0) is 20.7. The molecule has 0 aromatic heterocycles. The average Bonchev–Trinajstić information content (AvgIpc) is 2.65. The standard InChI is InChI=1S/C23H38ClN3O/c1-18(2)27(19(3)4)17-13-23(22(25)28,20-10-6-7-11-21(20)24)12-16-26-14-8-5-9-15-26/h6-7,10-11,18-19H,5,8-9,12-17H2,1-4H3,(H2,25,28)/p+2/t23-/m0/s1. The maximum Gasteiger partial charge on any atom is 0.228 e. The Morgan fingerprint density at radius 1 is 1.11 bits per heavy atom. The van der Waals surface area contributed by atoms with E-state index < -0.39 is 5.41 Å². The first-order chi connectivity index (χ1) is 13.3. The highest BCUT2D eigenvalue weighted by Gasteiger charge is 2.42. The van der Waals surface area contributed by atoms with Gasteiger partial charge in [-0.15, -0.1) is 0 Å². The van der Waals surface area contributed by atoms with E-state index >= 15 is 0 Å². The third-order valence-corrected chi connectivity index (χ3v) is 6.98. The van der Waals surface area contributed by atoms with Crippen LogP contribution in [0.15, 0.2) is 24.3 Å². The second-order valence-corrected chi connectivity index (χ2v) is 9.53. The Bertz CT molecular complexity index is 620. The fraction of sp³-hybridized carbons (Fsp3) is 0.696. The predicted molar refractivity (Wildman–Crippen MR) is 117 cm³/mol. The highest BCUT2D eigenvalue weighted by molar-refractivity contribution is 6.31. The van der Waals surface area contributed by atoms with Crippen LogP contribution in [0.2, 0.25) is 5.02 Å². The highest BCUT2D eigenvalue weighted by atomic mass is 35.5. The molecule has 0 unspecified atom stereocenters. The summed E-state index contributed by atoms with van der Waals surface area (Å²) in [4.78, 5) is 16.0. The molecule has 1 aliphatic heterocycles. The number of benzene rings is 1. The number of piperidine rings is 1. The Balaban J connectivity index is 2.31. The number of nitrogens with one attached hydrogen (secondary N) is 2. The number of primary amides is 1. The second-order valence-electron chi connectivity index (χ2n) is 9.12. The van der Waals surface area contributed by atoms with Gasteiger partial charge in [-0.05, 0) is 58.6 Å². The van der Waals surface area contributed by atoms with Crippen LogP contribution in [0.3, 0.4) is 0 Å². The number of rotatable bonds is 10. The largest absolute Gasteiger partial charge is 0.369 e. The van der Waals surface area contributed by atoms with Crippen LogP contribution in [0.5, 0.6) is 0 Å². The molecular weight excluding hydrogens is 370 g/mol. The van der Waals surface area contributed by atoms with Crippen LogP contribution in [0.4, 0.5) is 0 Å². The molecule has 1 amide bonds. The van der Waals surface area contributed by atoms with Gasteiger partial charge in [0, 0.05) is 17.9 Å². The van der Waals surface area contributed by atoms with E-state index in [1.54, 1.807) is 4.90 Å². The smallest absolute Gasteiger partial charge is 0.228 e. The average molecular weight is 410 g/mol. The van der Waals surface area contributed by atoms with E-state index in [-0.39, 0.29) is 5.91 Å². The molecule has 4 N–H and O–H groups in total. The van der Waals surface area contributed by atoms with Crippen molar-refractivity contribution in [2.45, 2.75) is 77.3 Å². The van der Waals surface area contributed by atoms with Crippen LogP contribution in [-0.4, -0.2) is 44.2 Å². The number of quaternary nitrogens is 2. The molecule has 1 saturated heterocycles. The Hall–Kier alpha value is -1.10. The van der Waals surface area contributed by atoms with E-state index in [0.717, 1.165) is 31.5 Å². The van der Waals surface area contributed by atoms with Crippen molar-refractivity contribution in [2.75, 3.05) is 26.2 Å². The summed E-state index contributed by atoms with van der Waals surface area (Å²) in [6, 6.07) is 8.80. The summed E-state index contributed by atoms with van der Waals surface area (Å²) in [6.45, 7) is 13.3. The minimum atomic E-state index is -0.697. The van der Waals surface area contributed by atoms with Gasteiger partial charge in [-0.25, -0.2) is 0 Å². The molecule has 4 nitrogen and oxygen atoms in total. The van der Waals surface area contributed by atoms with Crippen LogP contribution in [0.25, 0.3) is 0 Å². The summed E-state index contributed by atoms with van der Waals surface area (Å²) in [7, 11) is 0. The first-order valence-electron chi connectivity index (χ1n) is 11.0. The molecule has 1 heterocycles. The number of nitrogens with two attached hydrogens (primary N) is 1. The molecule has 1 aromatic carbocycles. The van der Waals surface area contributed by atoms with Gasteiger partial charge in [-0.1, -0.05) is 29.8 Å². The van der Waals surface area contributed by atoms with E-state index in [0.29, 0.717) is 17.1 Å². The van der Waals surface area contributed by atoms with Crippen molar-refractivity contribution in [2.24, 2.45) is 5.73 Å². The number of hydrogen-bond acceptors (Lipinski definition) is 1. The molecule has 1 aromatic rings. The highest BCUT2D eigenvalue weighted by Crippen LogP contribution is 2.35. The van der Waals surface area contributed by atoms with E-state index in [2.05, 4.69) is 27.7 Å². The fourth-order valence-electron chi connectivity index (χ4n) is 4.92. The molecule has 1 aliphatic rings. The van der Waals surface area contributed by atoms with Gasteiger partial charge in [0.1, 0.15) is 0 Å². The van der Waals surface area contributed by atoms with Gasteiger partial charge in [0.15, 0.2) is 0 Å². The quantitative estimate of drug-likeness (QED) is 0.540. The molecule has 0 saturated carbocycles. The van der Waals surface area contributed by atoms with E-state index in [1.807, 2.05) is 24.3 Å². The van der Waals surface area contributed by atoms with Crippen LogP contribution in [0.1, 0.15) is 65.4 Å². The van der Waals surface area contributed by atoms with Crippen LogP contribution in [0, 0.1) is 0 Å². The molecule has 0 bridgehead atoms. The van der Waals surface area contributed by atoms with Crippen molar-refractivity contribution in [1.29, 1.82) is 0 Å². The minimum absolute atomic E-state index is 0.233. The summed E-state index contributed by atoms with van der Waals surface area (Å²) in [5, 5.41) is 0.658. The molecule has 1 atom stereocenters. The zero-order valence-corrected chi connectivity index (χ0v) is 18.9. The number of carbonyl (C=O) groups excluding carboxylic acids is 1. The van der Waals surface area contributed by atoms with Gasteiger partial charge in [0.2, 0.25) is 5.91 Å². The molecule has 0 radical (unpaired) electrons. The minimum Gasteiger partial charge on any atom is -0.369 e. The van der Waals surface area contributed by atoms with Crippen molar-refractivity contribution in [3.8, 4) is 0 Å². The summed E-state index contributed by atoms with van der Waals surface area (Å²) in [5.74, 6) is -0.233. The van der Waals surface area contributed by atoms with Gasteiger partial charge in [-0.3, -0.25) is 4.79 Å². The van der Waals surface area contributed by atoms with E-state index in [4.69, 9.17) is 17.3 Å². The normalized spacial score (nSPS) is 18.0. The lowest BCUT2D eigenvalue weighted by molar-refractivity contribution is -0.942. The number of likely N-dealkylation sites (tertiary alicyclic amines) is 1. The molecule has 0 aliphatic carbocycles. The van der Waals surface area contributed by atoms with Crippen molar-refractivity contribution in [1.82, 2.24) is 0 Å². The third kappa shape index (κ3) is 5.71. The van der Waals surface area contributed by atoms with E-state index in [9.17, 15) is 4.79 Å². The van der Waals surface area contributed by atoms with Gasteiger partial charge < -0.3 is 15.5 Å². The van der Waals surface area contributed by atoms with Crippen molar-refractivity contribution >= 4 is 17.5 Å². The Kier molecular flexibility index (Phi) is 8.79. The zero-order valence-electron chi connectivity index (χ0n) is 18.2. The summed E-state index contributed by atoms with van der Waals surface area (Å²) in [5.41, 5.74) is 6.32. The van der Waals surface area contributed by atoms with Gasteiger partial charge >= 0.3 is 0 Å². The fourth-order valence-corrected chi connectivity index (χ4v) is 5.23. The SMILES string of the molecule is CC(C)[NH+](CC[C@](CC[NH+]1CCCCC1)(C(N)=O)c1ccccc1Cl)C(C)C.